The van der Waals surface area contributed by atoms with Gasteiger partial charge in [0.1, 0.15) is 5.75 Å². The Morgan fingerprint density at radius 2 is 2.09 bits per heavy atom. The summed E-state index contributed by atoms with van der Waals surface area (Å²) in [5, 5.41) is 3.39. The molecule has 1 unspecified atom stereocenters. The minimum Gasteiger partial charge on any atom is -0.481 e. The molecule has 1 amide bonds. The molecular weight excluding hydrogens is 276 g/mol. The van der Waals surface area contributed by atoms with Gasteiger partial charge in [-0.2, -0.15) is 0 Å². The SMILES string of the molecule is CC(Oc1cccc(-c2cccc3c2CCNC3)c1)C(N)=O. The number of nitrogens with one attached hydrogen (secondary N) is 1. The highest BCUT2D eigenvalue weighted by Gasteiger charge is 2.15. The van der Waals surface area contributed by atoms with Gasteiger partial charge in [0.25, 0.3) is 5.91 Å². The lowest BCUT2D eigenvalue weighted by molar-refractivity contribution is -0.123. The van der Waals surface area contributed by atoms with Gasteiger partial charge in [-0.3, -0.25) is 4.79 Å². The summed E-state index contributed by atoms with van der Waals surface area (Å²) >= 11 is 0. The van der Waals surface area contributed by atoms with E-state index in [4.69, 9.17) is 10.5 Å². The van der Waals surface area contributed by atoms with Gasteiger partial charge in [-0.05, 0) is 54.3 Å². The van der Waals surface area contributed by atoms with E-state index in [0.717, 1.165) is 25.1 Å². The Hall–Kier alpha value is -2.33. The summed E-state index contributed by atoms with van der Waals surface area (Å²) in [6, 6.07) is 14.2. The molecule has 0 saturated carbocycles. The van der Waals surface area contributed by atoms with Crippen LogP contribution in [0, 0.1) is 0 Å². The second kappa shape index (κ2) is 6.20. The number of fused-ring (bicyclic) bond motifs is 1. The third kappa shape index (κ3) is 2.97. The molecule has 0 radical (unpaired) electrons. The van der Waals surface area contributed by atoms with Gasteiger partial charge in [0, 0.05) is 6.54 Å². The largest absolute Gasteiger partial charge is 0.481 e. The van der Waals surface area contributed by atoms with Crippen molar-refractivity contribution in [1.29, 1.82) is 0 Å². The fourth-order valence-corrected chi connectivity index (χ4v) is 2.80. The number of carbonyl (C=O) groups excluding carboxylic acids is 1. The molecule has 3 rings (SSSR count). The average molecular weight is 296 g/mol. The van der Waals surface area contributed by atoms with Crippen LogP contribution in [0.4, 0.5) is 0 Å². The Morgan fingerprint density at radius 1 is 1.27 bits per heavy atom. The molecular formula is C18H20N2O2. The third-order valence-electron chi connectivity index (χ3n) is 4.00. The van der Waals surface area contributed by atoms with E-state index >= 15 is 0 Å². The van der Waals surface area contributed by atoms with Gasteiger partial charge in [0.15, 0.2) is 6.10 Å². The summed E-state index contributed by atoms with van der Waals surface area (Å²) in [5.41, 5.74) is 10.3. The molecule has 114 valence electrons. The minimum absolute atomic E-state index is 0.464. The Balaban J connectivity index is 1.94. The van der Waals surface area contributed by atoms with Gasteiger partial charge in [-0.15, -0.1) is 0 Å². The molecule has 1 atom stereocenters. The molecule has 1 aliphatic rings. The molecule has 0 bridgehead atoms. The summed E-state index contributed by atoms with van der Waals surface area (Å²) in [6.45, 7) is 3.57. The van der Waals surface area contributed by atoms with Crippen molar-refractivity contribution in [3.8, 4) is 16.9 Å². The first kappa shape index (κ1) is 14.6. The fourth-order valence-electron chi connectivity index (χ4n) is 2.80. The van der Waals surface area contributed by atoms with Crippen LogP contribution >= 0.6 is 0 Å². The zero-order valence-corrected chi connectivity index (χ0v) is 12.6. The second-order valence-electron chi connectivity index (χ2n) is 5.56. The van der Waals surface area contributed by atoms with Crippen molar-refractivity contribution in [2.24, 2.45) is 5.73 Å². The Kier molecular flexibility index (Phi) is 4.11. The third-order valence-corrected chi connectivity index (χ3v) is 4.00. The van der Waals surface area contributed by atoms with Crippen LogP contribution in [0.5, 0.6) is 5.75 Å². The van der Waals surface area contributed by atoms with E-state index in [-0.39, 0.29) is 0 Å². The number of primary amides is 1. The van der Waals surface area contributed by atoms with E-state index in [1.165, 1.54) is 16.7 Å². The fraction of sp³-hybridized carbons (Fsp3) is 0.278. The predicted octanol–water partition coefficient (Wildman–Crippen LogP) is 2.25. The van der Waals surface area contributed by atoms with Crippen LogP contribution in [0.25, 0.3) is 11.1 Å². The standard InChI is InChI=1S/C18H20N2O2/c1-12(18(19)21)22-15-6-2-4-13(10-15)16-7-3-5-14-11-20-9-8-17(14)16/h2-7,10,12,20H,8-9,11H2,1H3,(H2,19,21). The number of amides is 1. The van der Waals surface area contributed by atoms with E-state index < -0.39 is 12.0 Å². The van der Waals surface area contributed by atoms with Crippen LogP contribution in [-0.2, 0) is 17.8 Å². The van der Waals surface area contributed by atoms with E-state index in [2.05, 4.69) is 29.6 Å². The highest BCUT2D eigenvalue weighted by molar-refractivity contribution is 5.79. The first-order valence-electron chi connectivity index (χ1n) is 7.53. The predicted molar refractivity (Wildman–Crippen MR) is 86.6 cm³/mol. The molecule has 2 aromatic rings. The first-order valence-corrected chi connectivity index (χ1v) is 7.53. The van der Waals surface area contributed by atoms with Gasteiger partial charge >= 0.3 is 0 Å². The summed E-state index contributed by atoms with van der Waals surface area (Å²) in [7, 11) is 0. The van der Waals surface area contributed by atoms with Crippen molar-refractivity contribution in [1.82, 2.24) is 5.32 Å². The van der Waals surface area contributed by atoms with E-state index in [1.54, 1.807) is 6.92 Å². The first-order chi connectivity index (χ1) is 10.6. The lowest BCUT2D eigenvalue weighted by Gasteiger charge is -2.21. The zero-order chi connectivity index (χ0) is 15.5. The van der Waals surface area contributed by atoms with Gasteiger partial charge in [0.2, 0.25) is 0 Å². The van der Waals surface area contributed by atoms with E-state index in [0.29, 0.717) is 5.75 Å². The molecule has 0 aromatic heterocycles. The van der Waals surface area contributed by atoms with Crippen LogP contribution in [0.15, 0.2) is 42.5 Å². The molecule has 0 aliphatic carbocycles. The van der Waals surface area contributed by atoms with Crippen molar-refractivity contribution in [2.45, 2.75) is 26.0 Å². The minimum atomic E-state index is -0.635. The number of rotatable bonds is 4. The topological polar surface area (TPSA) is 64.3 Å². The number of benzene rings is 2. The van der Waals surface area contributed by atoms with Gasteiger partial charge in [-0.25, -0.2) is 0 Å². The number of nitrogens with two attached hydrogens (primary N) is 1. The molecule has 0 saturated heterocycles. The maximum Gasteiger partial charge on any atom is 0.258 e. The summed E-state index contributed by atoms with van der Waals surface area (Å²) in [5.74, 6) is 0.198. The van der Waals surface area contributed by atoms with E-state index in [9.17, 15) is 4.79 Å². The van der Waals surface area contributed by atoms with Crippen LogP contribution < -0.4 is 15.8 Å². The van der Waals surface area contributed by atoms with Crippen molar-refractivity contribution >= 4 is 5.91 Å². The van der Waals surface area contributed by atoms with Crippen LogP contribution in [0.3, 0.4) is 0 Å². The summed E-state index contributed by atoms with van der Waals surface area (Å²) in [4.78, 5) is 11.1. The quantitative estimate of drug-likeness (QED) is 0.909. The monoisotopic (exact) mass is 296 g/mol. The van der Waals surface area contributed by atoms with Crippen LogP contribution in [-0.4, -0.2) is 18.6 Å². The van der Waals surface area contributed by atoms with Gasteiger partial charge in [0.05, 0.1) is 0 Å². The van der Waals surface area contributed by atoms with Gasteiger partial charge in [-0.1, -0.05) is 30.3 Å². The van der Waals surface area contributed by atoms with Crippen molar-refractivity contribution < 1.29 is 9.53 Å². The zero-order valence-electron chi connectivity index (χ0n) is 12.6. The maximum atomic E-state index is 11.1. The maximum absolute atomic E-state index is 11.1. The smallest absolute Gasteiger partial charge is 0.258 e. The molecule has 1 aliphatic heterocycles. The van der Waals surface area contributed by atoms with Crippen molar-refractivity contribution in [2.75, 3.05) is 6.54 Å². The number of hydrogen-bond acceptors (Lipinski definition) is 3. The lowest BCUT2D eigenvalue weighted by atomic mass is 9.91. The molecule has 4 heteroatoms. The second-order valence-corrected chi connectivity index (χ2v) is 5.56. The van der Waals surface area contributed by atoms with Crippen LogP contribution in [0.2, 0.25) is 0 Å². The van der Waals surface area contributed by atoms with E-state index in [1.807, 2.05) is 18.2 Å². The Morgan fingerprint density at radius 3 is 2.91 bits per heavy atom. The van der Waals surface area contributed by atoms with Crippen LogP contribution in [0.1, 0.15) is 18.1 Å². The summed E-state index contributed by atoms with van der Waals surface area (Å²) in [6.07, 6.45) is 0.387. The molecule has 2 aromatic carbocycles. The van der Waals surface area contributed by atoms with Crippen molar-refractivity contribution in [3.05, 3.63) is 53.6 Å². The highest BCUT2D eigenvalue weighted by Crippen LogP contribution is 2.30. The number of carbonyl (C=O) groups is 1. The molecule has 0 fully saturated rings. The molecule has 1 heterocycles. The van der Waals surface area contributed by atoms with Gasteiger partial charge < -0.3 is 15.8 Å². The number of ether oxygens (including phenoxy) is 1. The number of hydrogen-bond donors (Lipinski definition) is 2. The molecule has 0 spiro atoms. The molecule has 3 N–H and O–H groups in total. The lowest BCUT2D eigenvalue weighted by Crippen LogP contribution is -2.30. The highest BCUT2D eigenvalue weighted by atomic mass is 16.5. The molecule has 4 nitrogen and oxygen atoms in total. The average Bonchev–Trinajstić information content (AvgIpc) is 2.54. The normalized spacial score (nSPS) is 15.0. The molecule has 22 heavy (non-hydrogen) atoms. The summed E-state index contributed by atoms with van der Waals surface area (Å²) < 4.78 is 5.60. The Bertz CT molecular complexity index is 697. The van der Waals surface area contributed by atoms with Crippen molar-refractivity contribution in [3.63, 3.8) is 0 Å². The Labute approximate surface area is 130 Å².